The summed E-state index contributed by atoms with van der Waals surface area (Å²) < 4.78 is 7.16. The summed E-state index contributed by atoms with van der Waals surface area (Å²) in [6, 6.07) is 5.04. The van der Waals surface area contributed by atoms with Crippen LogP contribution in [0.4, 0.5) is 0 Å². The Labute approximate surface area is 129 Å². The lowest BCUT2D eigenvalue weighted by molar-refractivity contribution is -0.132. The van der Waals surface area contributed by atoms with Crippen molar-refractivity contribution in [3.05, 3.63) is 36.2 Å². The predicted octanol–water partition coefficient (Wildman–Crippen LogP) is 1.21. The third-order valence-electron chi connectivity index (χ3n) is 3.46. The molecule has 6 heteroatoms. The second kappa shape index (κ2) is 6.62. The summed E-state index contributed by atoms with van der Waals surface area (Å²) in [7, 11) is 1.73. The summed E-state index contributed by atoms with van der Waals surface area (Å²) >= 11 is 0. The first-order chi connectivity index (χ1) is 10.4. The van der Waals surface area contributed by atoms with Crippen LogP contribution in [0.5, 0.6) is 5.75 Å². The fourth-order valence-electron chi connectivity index (χ4n) is 2.39. The lowest BCUT2D eigenvalue weighted by Gasteiger charge is -2.19. The quantitative estimate of drug-likeness (QED) is 0.842. The van der Waals surface area contributed by atoms with Crippen molar-refractivity contribution in [2.75, 3.05) is 13.6 Å². The van der Waals surface area contributed by atoms with Gasteiger partial charge < -0.3 is 19.8 Å². The van der Waals surface area contributed by atoms with Gasteiger partial charge in [-0.2, -0.15) is 0 Å². The van der Waals surface area contributed by atoms with Crippen LogP contribution in [0.15, 0.2) is 30.6 Å². The van der Waals surface area contributed by atoms with Gasteiger partial charge in [-0.05, 0) is 37.1 Å². The topological polar surface area (TPSA) is 77.0 Å². The molecule has 0 saturated carbocycles. The van der Waals surface area contributed by atoms with Gasteiger partial charge in [-0.15, -0.1) is 0 Å². The van der Waals surface area contributed by atoms with Gasteiger partial charge in [-0.1, -0.05) is 0 Å². The number of carbonyl (C=O) groups excluding carboxylic acids is 2. The predicted molar refractivity (Wildman–Crippen MR) is 83.7 cm³/mol. The Bertz CT molecular complexity index is 691. The number of pyridine rings is 1. The van der Waals surface area contributed by atoms with Crippen LogP contribution in [-0.4, -0.2) is 40.8 Å². The van der Waals surface area contributed by atoms with Crippen LogP contribution in [0.3, 0.4) is 0 Å². The third kappa shape index (κ3) is 3.46. The molecule has 1 amide bonds. The molecule has 2 aromatic rings. The maximum Gasteiger partial charge on any atom is 0.308 e. The minimum Gasteiger partial charge on any atom is -0.424 e. The number of amides is 1. The Kier molecular flexibility index (Phi) is 4.82. The van der Waals surface area contributed by atoms with Crippen molar-refractivity contribution in [2.45, 2.75) is 26.3 Å². The van der Waals surface area contributed by atoms with Crippen LogP contribution in [0, 0.1) is 0 Å². The molecule has 0 bridgehead atoms. The van der Waals surface area contributed by atoms with Crippen molar-refractivity contribution in [3.8, 4) is 5.75 Å². The van der Waals surface area contributed by atoms with Gasteiger partial charge in [-0.25, -0.2) is 0 Å². The molecule has 2 heterocycles. The molecular formula is C16H21N3O3. The summed E-state index contributed by atoms with van der Waals surface area (Å²) in [5.74, 6) is 0.0735. The fraction of sp³-hybridized carbons (Fsp3) is 0.375. The molecule has 1 atom stereocenters. The minimum atomic E-state index is -0.507. The second-order valence-electron chi connectivity index (χ2n) is 5.36. The molecule has 2 aromatic heterocycles. The number of ether oxygens (including phenoxy) is 1. The molecule has 0 aliphatic carbocycles. The number of esters is 1. The van der Waals surface area contributed by atoms with Gasteiger partial charge in [0.25, 0.3) is 0 Å². The Morgan fingerprint density at radius 2 is 2.09 bits per heavy atom. The van der Waals surface area contributed by atoms with Crippen LogP contribution >= 0.6 is 0 Å². The van der Waals surface area contributed by atoms with E-state index in [9.17, 15) is 9.59 Å². The maximum absolute atomic E-state index is 11.8. The van der Waals surface area contributed by atoms with E-state index in [1.165, 1.54) is 6.92 Å². The molecule has 0 aliphatic heterocycles. The minimum absolute atomic E-state index is 0.0938. The van der Waals surface area contributed by atoms with Gasteiger partial charge in [0.1, 0.15) is 0 Å². The Morgan fingerprint density at radius 1 is 1.36 bits per heavy atom. The first-order valence-electron chi connectivity index (χ1n) is 7.17. The summed E-state index contributed by atoms with van der Waals surface area (Å²) in [5.41, 5.74) is 7.46. The lowest BCUT2D eigenvalue weighted by atomic mass is 10.1. The van der Waals surface area contributed by atoms with E-state index in [1.54, 1.807) is 24.9 Å². The van der Waals surface area contributed by atoms with Gasteiger partial charge in [-0.3, -0.25) is 9.59 Å². The molecule has 0 spiro atoms. The molecule has 0 unspecified atom stereocenters. The van der Waals surface area contributed by atoms with E-state index in [1.807, 2.05) is 28.9 Å². The number of nitrogens with zero attached hydrogens (tertiary/aromatic N) is 2. The average Bonchev–Trinajstić information content (AvgIpc) is 2.87. The van der Waals surface area contributed by atoms with Crippen LogP contribution in [0.25, 0.3) is 5.52 Å². The highest BCUT2D eigenvalue weighted by Gasteiger charge is 2.15. The maximum atomic E-state index is 11.8. The Hall–Kier alpha value is -2.34. The van der Waals surface area contributed by atoms with Crippen molar-refractivity contribution in [3.63, 3.8) is 0 Å². The highest BCUT2D eigenvalue weighted by atomic mass is 16.5. The first-order valence-corrected chi connectivity index (χ1v) is 7.17. The molecule has 0 aliphatic rings. The first kappa shape index (κ1) is 16.0. The van der Waals surface area contributed by atoms with E-state index < -0.39 is 6.04 Å². The third-order valence-corrected chi connectivity index (χ3v) is 3.46. The molecule has 118 valence electrons. The van der Waals surface area contributed by atoms with Crippen LogP contribution in [0.2, 0.25) is 0 Å². The van der Waals surface area contributed by atoms with Crippen LogP contribution < -0.4 is 10.5 Å². The SMILES string of the molecule is CC(=O)Oc1cccn2ccc(CCN(C)C(=O)[C@H](C)N)c12. The molecule has 2 N–H and O–H groups in total. The van der Waals surface area contributed by atoms with Crippen molar-refractivity contribution in [1.29, 1.82) is 0 Å². The number of carbonyl (C=O) groups is 2. The van der Waals surface area contributed by atoms with Gasteiger partial charge in [0.2, 0.25) is 5.91 Å². The van der Waals surface area contributed by atoms with Crippen molar-refractivity contribution < 1.29 is 14.3 Å². The second-order valence-corrected chi connectivity index (χ2v) is 5.36. The number of hydrogen-bond donors (Lipinski definition) is 1. The number of nitrogens with two attached hydrogens (primary N) is 1. The Morgan fingerprint density at radius 3 is 2.73 bits per heavy atom. The molecule has 0 aromatic carbocycles. The monoisotopic (exact) mass is 303 g/mol. The van der Waals surface area contributed by atoms with Gasteiger partial charge in [0, 0.05) is 32.9 Å². The zero-order chi connectivity index (χ0) is 16.3. The van der Waals surface area contributed by atoms with Crippen molar-refractivity contribution in [2.24, 2.45) is 5.73 Å². The zero-order valence-corrected chi connectivity index (χ0v) is 13.1. The highest BCUT2D eigenvalue weighted by Crippen LogP contribution is 2.25. The molecule has 6 nitrogen and oxygen atoms in total. The number of fused-ring (bicyclic) bond motifs is 1. The summed E-state index contributed by atoms with van der Waals surface area (Å²) in [4.78, 5) is 24.6. The van der Waals surface area contributed by atoms with E-state index in [0.29, 0.717) is 18.7 Å². The van der Waals surface area contributed by atoms with Crippen molar-refractivity contribution >= 4 is 17.4 Å². The van der Waals surface area contributed by atoms with E-state index in [4.69, 9.17) is 10.5 Å². The lowest BCUT2D eigenvalue weighted by Crippen LogP contribution is -2.40. The van der Waals surface area contributed by atoms with Crippen LogP contribution in [0.1, 0.15) is 19.4 Å². The van der Waals surface area contributed by atoms with E-state index in [2.05, 4.69) is 0 Å². The number of hydrogen-bond acceptors (Lipinski definition) is 4. The molecule has 0 saturated heterocycles. The smallest absolute Gasteiger partial charge is 0.308 e. The molecule has 0 fully saturated rings. The van der Waals surface area contributed by atoms with E-state index in [0.717, 1.165) is 11.1 Å². The van der Waals surface area contributed by atoms with Gasteiger partial charge in [0.15, 0.2) is 5.75 Å². The molecule has 2 rings (SSSR count). The number of aromatic nitrogens is 1. The normalized spacial score (nSPS) is 12.2. The largest absolute Gasteiger partial charge is 0.424 e. The summed E-state index contributed by atoms with van der Waals surface area (Å²) in [6.07, 6.45) is 4.46. The van der Waals surface area contributed by atoms with Gasteiger partial charge >= 0.3 is 5.97 Å². The number of likely N-dealkylation sites (N-methyl/N-ethyl adjacent to an activating group) is 1. The van der Waals surface area contributed by atoms with Gasteiger partial charge in [0.05, 0.1) is 11.6 Å². The van der Waals surface area contributed by atoms with Crippen LogP contribution in [-0.2, 0) is 16.0 Å². The fourth-order valence-corrected chi connectivity index (χ4v) is 2.39. The summed E-state index contributed by atoms with van der Waals surface area (Å²) in [5, 5.41) is 0. The summed E-state index contributed by atoms with van der Waals surface area (Å²) in [6.45, 7) is 3.60. The average molecular weight is 303 g/mol. The molecular weight excluding hydrogens is 282 g/mol. The molecule has 0 radical (unpaired) electrons. The van der Waals surface area contributed by atoms with E-state index in [-0.39, 0.29) is 11.9 Å². The Balaban J connectivity index is 2.21. The highest BCUT2D eigenvalue weighted by molar-refractivity contribution is 5.81. The zero-order valence-electron chi connectivity index (χ0n) is 13.1. The number of rotatable bonds is 5. The standard InChI is InChI=1S/C16H21N3O3/c1-11(17)16(21)18(3)9-6-13-7-10-19-8-4-5-14(15(13)19)22-12(2)20/h4-5,7-8,10-11H,6,9,17H2,1-3H3/t11-/m0/s1. The van der Waals surface area contributed by atoms with E-state index >= 15 is 0 Å². The van der Waals surface area contributed by atoms with Crippen molar-refractivity contribution in [1.82, 2.24) is 9.30 Å². The molecule has 22 heavy (non-hydrogen) atoms.